The number of primary amides is 1. The number of urea groups is 1. The van der Waals surface area contributed by atoms with Crippen LogP contribution in [0.15, 0.2) is 47.6 Å². The molecule has 0 spiro atoms. The topological polar surface area (TPSA) is 85.9 Å². The second-order valence-electron chi connectivity index (χ2n) is 4.56. The van der Waals surface area contributed by atoms with Gasteiger partial charge in [-0.2, -0.15) is 5.10 Å². The number of methoxy groups -OCH3 is 1. The summed E-state index contributed by atoms with van der Waals surface area (Å²) in [6.45, 7) is 0.393. The van der Waals surface area contributed by atoms with Gasteiger partial charge in [0.05, 0.1) is 13.3 Å². The molecule has 0 unspecified atom stereocenters. The zero-order chi connectivity index (χ0) is 16.7. The molecule has 120 valence electrons. The number of nitrogens with two attached hydrogens (primary N) is 1. The normalized spacial score (nSPS) is 10.5. The monoisotopic (exact) mass is 333 g/mol. The number of carbonyl (C=O) groups is 1. The summed E-state index contributed by atoms with van der Waals surface area (Å²) in [5.74, 6) is 1.16. The molecule has 0 heterocycles. The summed E-state index contributed by atoms with van der Waals surface area (Å²) in [6, 6.07) is 12.0. The molecule has 2 aromatic rings. The summed E-state index contributed by atoms with van der Waals surface area (Å²) < 4.78 is 11.1. The fraction of sp³-hybridized carbons (Fsp3) is 0.125. The van der Waals surface area contributed by atoms with Gasteiger partial charge in [0.25, 0.3) is 0 Å². The molecule has 0 fully saturated rings. The SMILES string of the molecule is COc1cc(/C=N\NC(N)=O)ccc1OCc1ccc(Cl)cc1. The molecule has 0 aliphatic heterocycles. The first-order valence-corrected chi connectivity index (χ1v) is 7.10. The molecule has 23 heavy (non-hydrogen) atoms. The van der Waals surface area contributed by atoms with Crippen LogP contribution in [0.2, 0.25) is 5.02 Å². The van der Waals surface area contributed by atoms with E-state index < -0.39 is 6.03 Å². The van der Waals surface area contributed by atoms with Crippen molar-refractivity contribution < 1.29 is 14.3 Å². The molecule has 6 nitrogen and oxygen atoms in total. The maximum Gasteiger partial charge on any atom is 0.332 e. The van der Waals surface area contributed by atoms with Crippen molar-refractivity contribution in [3.8, 4) is 11.5 Å². The van der Waals surface area contributed by atoms with E-state index >= 15 is 0 Å². The summed E-state index contributed by atoms with van der Waals surface area (Å²) in [6.07, 6.45) is 1.45. The molecular weight excluding hydrogens is 318 g/mol. The second-order valence-corrected chi connectivity index (χ2v) is 5.00. The fourth-order valence-electron chi connectivity index (χ4n) is 1.80. The summed E-state index contributed by atoms with van der Waals surface area (Å²) >= 11 is 5.85. The third-order valence-electron chi connectivity index (χ3n) is 2.88. The summed E-state index contributed by atoms with van der Waals surface area (Å²) in [5.41, 5.74) is 8.77. The van der Waals surface area contributed by atoms with Gasteiger partial charge in [0.1, 0.15) is 6.61 Å². The molecule has 2 aromatic carbocycles. The lowest BCUT2D eigenvalue weighted by Gasteiger charge is -2.11. The largest absolute Gasteiger partial charge is 0.493 e. The number of nitrogens with one attached hydrogen (secondary N) is 1. The lowest BCUT2D eigenvalue weighted by molar-refractivity contribution is 0.249. The van der Waals surface area contributed by atoms with Gasteiger partial charge in [0, 0.05) is 5.02 Å². The molecule has 0 aromatic heterocycles. The number of amides is 2. The molecule has 0 radical (unpaired) electrons. The number of halogens is 1. The lowest BCUT2D eigenvalue weighted by atomic mass is 10.2. The van der Waals surface area contributed by atoms with E-state index in [1.807, 2.05) is 24.3 Å². The maximum absolute atomic E-state index is 10.6. The molecule has 0 bridgehead atoms. The van der Waals surface area contributed by atoms with Gasteiger partial charge in [0.2, 0.25) is 0 Å². The van der Waals surface area contributed by atoms with E-state index in [9.17, 15) is 4.79 Å². The summed E-state index contributed by atoms with van der Waals surface area (Å²) in [4.78, 5) is 10.6. The van der Waals surface area contributed by atoms with E-state index in [4.69, 9.17) is 26.8 Å². The first kappa shape index (κ1) is 16.6. The van der Waals surface area contributed by atoms with Crippen LogP contribution in [0, 0.1) is 0 Å². The highest BCUT2D eigenvalue weighted by Gasteiger charge is 2.06. The van der Waals surface area contributed by atoms with Crippen molar-refractivity contribution in [2.75, 3.05) is 7.11 Å². The molecule has 7 heteroatoms. The quantitative estimate of drug-likeness (QED) is 0.629. The van der Waals surface area contributed by atoms with Crippen molar-refractivity contribution in [1.29, 1.82) is 0 Å². The maximum atomic E-state index is 10.6. The van der Waals surface area contributed by atoms with Crippen molar-refractivity contribution in [3.05, 3.63) is 58.6 Å². The highest BCUT2D eigenvalue weighted by molar-refractivity contribution is 6.30. The van der Waals surface area contributed by atoms with Crippen molar-refractivity contribution in [2.24, 2.45) is 10.8 Å². The Hall–Kier alpha value is -2.73. The average molecular weight is 334 g/mol. The Balaban J connectivity index is 2.05. The minimum atomic E-state index is -0.726. The molecule has 0 aliphatic carbocycles. The van der Waals surface area contributed by atoms with Gasteiger partial charge in [-0.1, -0.05) is 23.7 Å². The second kappa shape index (κ2) is 8.05. The predicted molar refractivity (Wildman–Crippen MR) is 89.1 cm³/mol. The van der Waals surface area contributed by atoms with Crippen LogP contribution in [0.4, 0.5) is 4.79 Å². The van der Waals surface area contributed by atoms with E-state index in [2.05, 4.69) is 10.5 Å². The van der Waals surface area contributed by atoms with Crippen molar-refractivity contribution in [2.45, 2.75) is 6.61 Å². The highest BCUT2D eigenvalue weighted by atomic mass is 35.5. The van der Waals surface area contributed by atoms with Crippen LogP contribution < -0.4 is 20.6 Å². The van der Waals surface area contributed by atoms with Crippen LogP contribution in [-0.4, -0.2) is 19.4 Å². The Morgan fingerprint density at radius 1 is 1.26 bits per heavy atom. The van der Waals surface area contributed by atoms with Crippen LogP contribution in [0.1, 0.15) is 11.1 Å². The van der Waals surface area contributed by atoms with E-state index in [0.717, 1.165) is 11.1 Å². The van der Waals surface area contributed by atoms with Gasteiger partial charge in [-0.15, -0.1) is 0 Å². The minimum absolute atomic E-state index is 0.393. The Morgan fingerprint density at radius 2 is 2.00 bits per heavy atom. The zero-order valence-corrected chi connectivity index (χ0v) is 13.2. The Bertz CT molecular complexity index is 702. The van der Waals surface area contributed by atoms with Gasteiger partial charge >= 0.3 is 6.03 Å². The van der Waals surface area contributed by atoms with Gasteiger partial charge in [-0.25, -0.2) is 10.2 Å². The molecule has 3 N–H and O–H groups in total. The van der Waals surface area contributed by atoms with Gasteiger partial charge in [-0.05, 0) is 41.5 Å². The number of nitrogens with zero attached hydrogens (tertiary/aromatic N) is 1. The third kappa shape index (κ3) is 5.19. The number of benzene rings is 2. The number of hydrazone groups is 1. The smallest absolute Gasteiger partial charge is 0.332 e. The summed E-state index contributed by atoms with van der Waals surface area (Å²) in [5, 5.41) is 4.37. The highest BCUT2D eigenvalue weighted by Crippen LogP contribution is 2.28. The van der Waals surface area contributed by atoms with Crippen LogP contribution in [-0.2, 0) is 6.61 Å². The predicted octanol–water partition coefficient (Wildman–Crippen LogP) is 2.93. The van der Waals surface area contributed by atoms with E-state index in [0.29, 0.717) is 23.1 Å². The van der Waals surface area contributed by atoms with Crippen molar-refractivity contribution in [1.82, 2.24) is 5.43 Å². The number of hydrogen-bond acceptors (Lipinski definition) is 4. The Morgan fingerprint density at radius 3 is 2.65 bits per heavy atom. The van der Waals surface area contributed by atoms with Crippen LogP contribution in [0.5, 0.6) is 11.5 Å². The molecule has 2 rings (SSSR count). The van der Waals surface area contributed by atoms with Gasteiger partial charge in [0.15, 0.2) is 11.5 Å². The Kier molecular flexibility index (Phi) is 5.82. The standard InChI is InChI=1S/C16H16ClN3O3/c1-22-15-8-12(9-19-20-16(18)21)4-7-14(15)23-10-11-2-5-13(17)6-3-11/h2-9H,10H2,1H3,(H3,18,20,21)/b19-9-. The number of ether oxygens (including phenoxy) is 2. The van der Waals surface area contributed by atoms with E-state index in [-0.39, 0.29) is 0 Å². The molecule has 0 atom stereocenters. The summed E-state index contributed by atoms with van der Waals surface area (Å²) in [7, 11) is 1.55. The van der Waals surface area contributed by atoms with E-state index in [1.165, 1.54) is 6.21 Å². The first-order chi connectivity index (χ1) is 11.1. The Labute approximate surface area is 138 Å². The molecule has 2 amide bonds. The zero-order valence-electron chi connectivity index (χ0n) is 12.5. The van der Waals surface area contributed by atoms with Crippen molar-refractivity contribution >= 4 is 23.8 Å². The fourth-order valence-corrected chi connectivity index (χ4v) is 1.92. The number of carbonyl (C=O) groups excluding carboxylic acids is 1. The van der Waals surface area contributed by atoms with E-state index in [1.54, 1.807) is 25.3 Å². The molecule has 0 saturated heterocycles. The van der Waals surface area contributed by atoms with Crippen LogP contribution in [0.3, 0.4) is 0 Å². The van der Waals surface area contributed by atoms with Gasteiger partial charge in [-0.3, -0.25) is 0 Å². The lowest BCUT2D eigenvalue weighted by Crippen LogP contribution is -2.24. The van der Waals surface area contributed by atoms with Gasteiger partial charge < -0.3 is 15.2 Å². The molecular formula is C16H16ClN3O3. The minimum Gasteiger partial charge on any atom is -0.493 e. The van der Waals surface area contributed by atoms with Crippen LogP contribution >= 0.6 is 11.6 Å². The third-order valence-corrected chi connectivity index (χ3v) is 3.14. The number of rotatable bonds is 6. The number of hydrogen-bond donors (Lipinski definition) is 2. The molecule has 0 saturated carbocycles. The van der Waals surface area contributed by atoms with Crippen molar-refractivity contribution in [3.63, 3.8) is 0 Å². The average Bonchev–Trinajstić information content (AvgIpc) is 2.54. The molecule has 0 aliphatic rings. The first-order valence-electron chi connectivity index (χ1n) is 6.72. The van der Waals surface area contributed by atoms with Crippen LogP contribution in [0.25, 0.3) is 0 Å².